The summed E-state index contributed by atoms with van der Waals surface area (Å²) in [6.07, 6.45) is 1.91. The summed E-state index contributed by atoms with van der Waals surface area (Å²) in [5.41, 5.74) is 0.121. The molecule has 0 aliphatic heterocycles. The monoisotopic (exact) mass is 242 g/mol. The minimum absolute atomic E-state index is 0.121. The van der Waals surface area contributed by atoms with E-state index in [1.54, 1.807) is 5.38 Å². The van der Waals surface area contributed by atoms with Gasteiger partial charge in [0.2, 0.25) is 0 Å². The Hall–Kier alpha value is -1.56. The van der Waals surface area contributed by atoms with E-state index in [0.29, 0.717) is 11.5 Å². The number of unbranched alkanes of at least 4 members (excludes halogenated alkanes) is 1. The first kappa shape index (κ1) is 12.5. The van der Waals surface area contributed by atoms with Crippen LogP contribution in [0.15, 0.2) is 11.4 Å². The van der Waals surface area contributed by atoms with Crippen LogP contribution < -0.4 is 10.6 Å². The number of aromatic carboxylic acids is 1. The first-order valence-corrected chi connectivity index (χ1v) is 5.88. The second kappa shape index (κ2) is 6.12. The molecular weight excluding hydrogens is 228 g/mol. The van der Waals surface area contributed by atoms with E-state index in [1.165, 1.54) is 17.4 Å². The number of hydrogen-bond acceptors (Lipinski definition) is 3. The summed E-state index contributed by atoms with van der Waals surface area (Å²) in [5, 5.41) is 16.0. The molecule has 3 N–H and O–H groups in total. The predicted octanol–water partition coefficient (Wildman–Crippen LogP) is 2.37. The molecule has 0 bridgehead atoms. The van der Waals surface area contributed by atoms with Gasteiger partial charge in [0.1, 0.15) is 5.00 Å². The number of thiophene rings is 1. The van der Waals surface area contributed by atoms with Crippen LogP contribution in [0, 0.1) is 0 Å². The summed E-state index contributed by atoms with van der Waals surface area (Å²) in [5.74, 6) is -1.04. The molecule has 1 rings (SSSR count). The summed E-state index contributed by atoms with van der Waals surface area (Å²) in [6.45, 7) is 2.62. The highest BCUT2D eigenvalue weighted by Gasteiger charge is 2.13. The molecule has 0 saturated carbocycles. The molecule has 0 aliphatic rings. The number of carboxylic acid groups (broad SMARTS) is 1. The molecule has 0 spiro atoms. The van der Waals surface area contributed by atoms with Gasteiger partial charge in [-0.25, -0.2) is 9.59 Å². The van der Waals surface area contributed by atoms with Crippen molar-refractivity contribution >= 4 is 28.3 Å². The zero-order chi connectivity index (χ0) is 12.0. The fourth-order valence-electron chi connectivity index (χ4n) is 1.10. The molecule has 1 aromatic rings. The third kappa shape index (κ3) is 3.54. The molecule has 1 aromatic heterocycles. The number of amides is 2. The maximum Gasteiger partial charge on any atom is 0.338 e. The van der Waals surface area contributed by atoms with Gasteiger partial charge in [0.05, 0.1) is 5.56 Å². The zero-order valence-electron chi connectivity index (χ0n) is 8.95. The Balaban J connectivity index is 2.49. The van der Waals surface area contributed by atoms with Gasteiger partial charge in [-0.3, -0.25) is 5.32 Å². The second-order valence-corrected chi connectivity index (χ2v) is 4.12. The molecule has 2 amide bonds. The molecule has 5 nitrogen and oxygen atoms in total. The molecule has 0 radical (unpaired) electrons. The van der Waals surface area contributed by atoms with Crippen molar-refractivity contribution in [2.45, 2.75) is 19.8 Å². The van der Waals surface area contributed by atoms with Crippen molar-refractivity contribution in [2.75, 3.05) is 11.9 Å². The van der Waals surface area contributed by atoms with Crippen LogP contribution >= 0.6 is 11.3 Å². The second-order valence-electron chi connectivity index (χ2n) is 3.20. The number of rotatable bonds is 5. The minimum atomic E-state index is -1.04. The molecule has 0 saturated heterocycles. The van der Waals surface area contributed by atoms with Gasteiger partial charge in [-0.2, -0.15) is 0 Å². The SMILES string of the molecule is CCCCNC(=O)Nc1sccc1C(=O)O. The Bertz CT molecular complexity index is 376. The summed E-state index contributed by atoms with van der Waals surface area (Å²) < 4.78 is 0. The van der Waals surface area contributed by atoms with Gasteiger partial charge in [-0.1, -0.05) is 13.3 Å². The molecule has 16 heavy (non-hydrogen) atoms. The molecule has 1 heterocycles. The number of carbonyl (C=O) groups is 2. The molecule has 0 fully saturated rings. The van der Waals surface area contributed by atoms with E-state index < -0.39 is 5.97 Å². The quantitative estimate of drug-likeness (QED) is 0.693. The van der Waals surface area contributed by atoms with E-state index in [0.717, 1.165) is 12.8 Å². The van der Waals surface area contributed by atoms with Crippen LogP contribution in [0.25, 0.3) is 0 Å². The van der Waals surface area contributed by atoms with Crippen molar-refractivity contribution < 1.29 is 14.7 Å². The number of carboxylic acids is 1. The van der Waals surface area contributed by atoms with Crippen molar-refractivity contribution in [2.24, 2.45) is 0 Å². The van der Waals surface area contributed by atoms with Crippen molar-refractivity contribution in [3.63, 3.8) is 0 Å². The summed E-state index contributed by atoms with van der Waals surface area (Å²) in [4.78, 5) is 22.1. The van der Waals surface area contributed by atoms with Crippen LogP contribution in [0.4, 0.5) is 9.80 Å². The number of carbonyl (C=O) groups excluding carboxylic acids is 1. The zero-order valence-corrected chi connectivity index (χ0v) is 9.76. The van der Waals surface area contributed by atoms with E-state index in [4.69, 9.17) is 5.11 Å². The lowest BCUT2D eigenvalue weighted by Gasteiger charge is -2.05. The topological polar surface area (TPSA) is 78.4 Å². The summed E-state index contributed by atoms with van der Waals surface area (Å²) in [6, 6.07) is 1.10. The Labute approximate surface area is 97.5 Å². The molecule has 0 aromatic carbocycles. The van der Waals surface area contributed by atoms with E-state index in [1.807, 2.05) is 6.92 Å². The van der Waals surface area contributed by atoms with Crippen LogP contribution in [0.1, 0.15) is 30.1 Å². The number of hydrogen-bond donors (Lipinski definition) is 3. The lowest BCUT2D eigenvalue weighted by atomic mass is 10.3. The minimum Gasteiger partial charge on any atom is -0.478 e. The van der Waals surface area contributed by atoms with Gasteiger partial charge in [-0.05, 0) is 17.9 Å². The predicted molar refractivity (Wildman–Crippen MR) is 63.2 cm³/mol. The highest BCUT2D eigenvalue weighted by molar-refractivity contribution is 7.14. The third-order valence-electron chi connectivity index (χ3n) is 1.94. The Kier molecular flexibility index (Phi) is 4.78. The standard InChI is InChI=1S/C10H14N2O3S/c1-2-3-5-11-10(15)12-8-7(9(13)14)4-6-16-8/h4,6H,2-3,5H2,1H3,(H,13,14)(H2,11,12,15). The number of urea groups is 1. The average molecular weight is 242 g/mol. The molecule has 88 valence electrons. The summed E-state index contributed by atoms with van der Waals surface area (Å²) >= 11 is 1.19. The van der Waals surface area contributed by atoms with Gasteiger partial charge in [0.25, 0.3) is 0 Å². The molecule has 0 unspecified atom stereocenters. The van der Waals surface area contributed by atoms with Gasteiger partial charge >= 0.3 is 12.0 Å². The van der Waals surface area contributed by atoms with Crippen LogP contribution in [0.2, 0.25) is 0 Å². The lowest BCUT2D eigenvalue weighted by molar-refractivity contribution is 0.0698. The molecule has 0 aliphatic carbocycles. The normalized spacial score (nSPS) is 9.81. The van der Waals surface area contributed by atoms with Crippen LogP contribution in [-0.4, -0.2) is 23.7 Å². The van der Waals surface area contributed by atoms with Crippen LogP contribution in [0.5, 0.6) is 0 Å². The van der Waals surface area contributed by atoms with Crippen molar-refractivity contribution in [3.05, 3.63) is 17.0 Å². The van der Waals surface area contributed by atoms with E-state index in [9.17, 15) is 9.59 Å². The van der Waals surface area contributed by atoms with Crippen molar-refractivity contribution in [1.82, 2.24) is 5.32 Å². The smallest absolute Gasteiger partial charge is 0.338 e. The molecule has 0 atom stereocenters. The lowest BCUT2D eigenvalue weighted by Crippen LogP contribution is -2.29. The number of anilines is 1. The van der Waals surface area contributed by atoms with Crippen LogP contribution in [-0.2, 0) is 0 Å². The van der Waals surface area contributed by atoms with Crippen molar-refractivity contribution in [3.8, 4) is 0 Å². The maximum absolute atomic E-state index is 11.4. The third-order valence-corrected chi connectivity index (χ3v) is 2.77. The van der Waals surface area contributed by atoms with E-state index in [-0.39, 0.29) is 11.6 Å². The van der Waals surface area contributed by atoms with Gasteiger partial charge < -0.3 is 10.4 Å². The Morgan fingerprint density at radius 1 is 1.50 bits per heavy atom. The average Bonchev–Trinajstić information content (AvgIpc) is 2.66. The highest BCUT2D eigenvalue weighted by atomic mass is 32.1. The molecule has 6 heteroatoms. The first-order valence-electron chi connectivity index (χ1n) is 5.00. The maximum atomic E-state index is 11.4. The van der Waals surface area contributed by atoms with Crippen LogP contribution in [0.3, 0.4) is 0 Å². The Morgan fingerprint density at radius 3 is 2.88 bits per heavy atom. The number of nitrogens with one attached hydrogen (secondary N) is 2. The van der Waals surface area contributed by atoms with E-state index >= 15 is 0 Å². The fraction of sp³-hybridized carbons (Fsp3) is 0.400. The highest BCUT2D eigenvalue weighted by Crippen LogP contribution is 2.22. The first-order chi connectivity index (χ1) is 7.65. The molecular formula is C10H14N2O3S. The van der Waals surface area contributed by atoms with E-state index in [2.05, 4.69) is 10.6 Å². The summed E-state index contributed by atoms with van der Waals surface area (Å²) in [7, 11) is 0. The van der Waals surface area contributed by atoms with Gasteiger partial charge in [0, 0.05) is 6.54 Å². The van der Waals surface area contributed by atoms with Gasteiger partial charge in [0.15, 0.2) is 0 Å². The Morgan fingerprint density at radius 2 is 2.25 bits per heavy atom. The van der Waals surface area contributed by atoms with Gasteiger partial charge in [-0.15, -0.1) is 11.3 Å². The van der Waals surface area contributed by atoms with Crippen molar-refractivity contribution in [1.29, 1.82) is 0 Å². The fourth-order valence-corrected chi connectivity index (χ4v) is 1.87. The largest absolute Gasteiger partial charge is 0.478 e.